The molecule has 8 heteroatoms. The van der Waals surface area contributed by atoms with E-state index in [1.54, 1.807) is 0 Å². The molecule has 3 aromatic rings. The lowest BCUT2D eigenvalue weighted by Gasteiger charge is -2.33. The van der Waals surface area contributed by atoms with Crippen LogP contribution in [-0.4, -0.2) is 48.1 Å². The highest BCUT2D eigenvalue weighted by molar-refractivity contribution is 6.06. The molecule has 2 aromatic heterocycles. The lowest BCUT2D eigenvalue weighted by molar-refractivity contribution is 0.312. The molecule has 4 rings (SSSR count). The molecule has 0 atom stereocenters. The molecule has 120 valence electrons. The average molecular weight is 319 g/mol. The summed E-state index contributed by atoms with van der Waals surface area (Å²) in [7, 11) is 2.04. The largest absolute Gasteiger partial charge is 0.450 e. The molecule has 0 bridgehead atoms. The number of nitrogen functional groups attached to an aromatic ring is 1. The predicted molar refractivity (Wildman–Crippen MR) is 83.3 cm³/mol. The van der Waals surface area contributed by atoms with Crippen LogP contribution in [0.4, 0.5) is 20.5 Å². The van der Waals surface area contributed by atoms with Crippen LogP contribution >= 0.6 is 0 Å². The topological polar surface area (TPSA) is 71.4 Å². The first kappa shape index (κ1) is 14.1. The molecule has 2 N–H and O–H groups in total. The first-order chi connectivity index (χ1) is 11.0. The smallest absolute Gasteiger partial charge is 0.222 e. The number of fused-ring (bicyclic) bond motifs is 3. The Labute approximate surface area is 130 Å². The third kappa shape index (κ3) is 2.17. The van der Waals surface area contributed by atoms with E-state index in [1.165, 1.54) is 6.07 Å². The van der Waals surface area contributed by atoms with Gasteiger partial charge in [0.05, 0.1) is 5.39 Å². The van der Waals surface area contributed by atoms with Gasteiger partial charge in [0.25, 0.3) is 0 Å². The van der Waals surface area contributed by atoms with E-state index >= 15 is 0 Å². The fourth-order valence-electron chi connectivity index (χ4n) is 2.90. The van der Waals surface area contributed by atoms with Crippen molar-refractivity contribution in [1.29, 1.82) is 0 Å². The fourth-order valence-corrected chi connectivity index (χ4v) is 2.90. The van der Waals surface area contributed by atoms with E-state index in [-0.39, 0.29) is 22.4 Å². The normalized spacial score (nSPS) is 16.6. The molecule has 1 aliphatic rings. The van der Waals surface area contributed by atoms with Gasteiger partial charge in [0.1, 0.15) is 11.1 Å². The van der Waals surface area contributed by atoms with Crippen molar-refractivity contribution in [3.8, 4) is 0 Å². The van der Waals surface area contributed by atoms with Gasteiger partial charge < -0.3 is 20.0 Å². The minimum Gasteiger partial charge on any atom is -0.450 e. The Morgan fingerprint density at radius 2 is 1.87 bits per heavy atom. The number of piperazine rings is 1. The maximum atomic E-state index is 14.2. The number of likely N-dealkylation sites (N-methyl/N-ethyl adjacent to an activating group) is 1. The van der Waals surface area contributed by atoms with Crippen LogP contribution in [0, 0.1) is 11.6 Å². The van der Waals surface area contributed by atoms with E-state index in [9.17, 15) is 8.78 Å². The van der Waals surface area contributed by atoms with Gasteiger partial charge in [-0.05, 0) is 19.2 Å². The molecule has 0 radical (unpaired) electrons. The molecule has 0 aliphatic carbocycles. The van der Waals surface area contributed by atoms with Crippen LogP contribution in [-0.2, 0) is 0 Å². The number of benzene rings is 1. The van der Waals surface area contributed by atoms with Crippen molar-refractivity contribution in [1.82, 2.24) is 14.9 Å². The second kappa shape index (κ2) is 5.02. The van der Waals surface area contributed by atoms with Crippen LogP contribution in [0.2, 0.25) is 0 Å². The number of nitrogens with zero attached hydrogens (tertiary/aromatic N) is 4. The van der Waals surface area contributed by atoms with Gasteiger partial charge in [0, 0.05) is 26.2 Å². The van der Waals surface area contributed by atoms with Gasteiger partial charge in [-0.25, -0.2) is 13.8 Å². The third-order valence-corrected chi connectivity index (χ3v) is 4.17. The highest BCUT2D eigenvalue weighted by atomic mass is 19.2. The summed E-state index contributed by atoms with van der Waals surface area (Å²) in [5.74, 6) is -1.39. The van der Waals surface area contributed by atoms with E-state index in [1.807, 2.05) is 11.9 Å². The second-order valence-corrected chi connectivity index (χ2v) is 5.71. The molecule has 23 heavy (non-hydrogen) atoms. The van der Waals surface area contributed by atoms with Gasteiger partial charge in [0.15, 0.2) is 23.0 Å². The van der Waals surface area contributed by atoms with Crippen LogP contribution in [0.15, 0.2) is 16.5 Å². The Hall–Kier alpha value is -2.48. The van der Waals surface area contributed by atoms with Gasteiger partial charge in [0.2, 0.25) is 5.95 Å². The Morgan fingerprint density at radius 1 is 1.13 bits per heavy atom. The number of anilines is 2. The monoisotopic (exact) mass is 319 g/mol. The molecule has 6 nitrogen and oxygen atoms in total. The maximum Gasteiger partial charge on any atom is 0.222 e. The summed E-state index contributed by atoms with van der Waals surface area (Å²) in [6.45, 7) is 3.23. The number of halogens is 2. The Morgan fingerprint density at radius 3 is 2.61 bits per heavy atom. The Balaban J connectivity index is 1.97. The zero-order valence-electron chi connectivity index (χ0n) is 12.5. The number of aromatic nitrogens is 2. The number of nitrogens with two attached hydrogens (primary N) is 1. The zero-order chi connectivity index (χ0) is 16.1. The van der Waals surface area contributed by atoms with Gasteiger partial charge in [-0.3, -0.25) is 0 Å². The van der Waals surface area contributed by atoms with Crippen LogP contribution < -0.4 is 10.6 Å². The number of rotatable bonds is 1. The maximum absolute atomic E-state index is 14.2. The molecule has 1 aliphatic heterocycles. The van der Waals surface area contributed by atoms with E-state index in [2.05, 4.69) is 14.9 Å². The van der Waals surface area contributed by atoms with E-state index in [4.69, 9.17) is 10.2 Å². The summed E-state index contributed by atoms with van der Waals surface area (Å²) in [5, 5.41) is 0.00415. The van der Waals surface area contributed by atoms with Gasteiger partial charge in [-0.15, -0.1) is 0 Å². The predicted octanol–water partition coefficient (Wildman–Crippen LogP) is 1.99. The molecule has 0 saturated carbocycles. The first-order valence-electron chi connectivity index (χ1n) is 7.32. The number of hydrogen-bond acceptors (Lipinski definition) is 6. The molecule has 1 fully saturated rings. The van der Waals surface area contributed by atoms with Crippen molar-refractivity contribution in [3.05, 3.63) is 23.8 Å². The van der Waals surface area contributed by atoms with Crippen molar-refractivity contribution < 1.29 is 13.2 Å². The van der Waals surface area contributed by atoms with Crippen molar-refractivity contribution in [3.63, 3.8) is 0 Å². The van der Waals surface area contributed by atoms with Crippen molar-refractivity contribution >= 4 is 33.8 Å². The second-order valence-electron chi connectivity index (χ2n) is 5.71. The highest BCUT2D eigenvalue weighted by Crippen LogP contribution is 2.35. The fraction of sp³-hybridized carbons (Fsp3) is 0.333. The molecular formula is C15H15F2N5O. The Bertz CT molecular complexity index is 902. The first-order valence-corrected chi connectivity index (χ1v) is 7.32. The minimum atomic E-state index is -0.983. The van der Waals surface area contributed by atoms with E-state index in [0.717, 1.165) is 32.2 Å². The average Bonchev–Trinajstić information content (AvgIpc) is 2.90. The molecule has 0 spiro atoms. The Kier molecular flexibility index (Phi) is 3.08. The summed E-state index contributed by atoms with van der Waals surface area (Å²) in [4.78, 5) is 12.6. The third-order valence-electron chi connectivity index (χ3n) is 4.17. The summed E-state index contributed by atoms with van der Waals surface area (Å²) >= 11 is 0. The standard InChI is InChI=1S/C15H15F2N5O/c1-21-4-6-22(7-5-21)14-13-12(19-15(18)20-14)10-9(23-13)3-2-8(16)11(10)17/h2-3H,4-7H2,1H3,(H2,18,19,20). The molecule has 1 saturated heterocycles. The van der Waals surface area contributed by atoms with Crippen molar-refractivity contribution in [2.75, 3.05) is 43.9 Å². The van der Waals surface area contributed by atoms with E-state index in [0.29, 0.717) is 11.4 Å². The van der Waals surface area contributed by atoms with Gasteiger partial charge in [-0.2, -0.15) is 4.98 Å². The molecular weight excluding hydrogens is 304 g/mol. The summed E-state index contributed by atoms with van der Waals surface area (Å²) < 4.78 is 33.4. The number of furan rings is 1. The quantitative estimate of drug-likeness (QED) is 0.739. The van der Waals surface area contributed by atoms with E-state index < -0.39 is 11.6 Å². The lowest BCUT2D eigenvalue weighted by atomic mass is 10.2. The van der Waals surface area contributed by atoms with Gasteiger partial charge >= 0.3 is 0 Å². The van der Waals surface area contributed by atoms with Crippen LogP contribution in [0.1, 0.15) is 0 Å². The lowest BCUT2D eigenvalue weighted by Crippen LogP contribution is -2.44. The summed E-state index contributed by atoms with van der Waals surface area (Å²) in [6, 6.07) is 2.42. The summed E-state index contributed by atoms with van der Waals surface area (Å²) in [6.07, 6.45) is 0. The SMILES string of the molecule is CN1CCN(c2nc(N)nc3c2oc2ccc(F)c(F)c23)CC1. The minimum absolute atomic E-state index is 0.00415. The molecule has 1 aromatic carbocycles. The van der Waals surface area contributed by atoms with Crippen LogP contribution in [0.25, 0.3) is 22.1 Å². The summed E-state index contributed by atoms with van der Waals surface area (Å²) in [5.41, 5.74) is 6.55. The highest BCUT2D eigenvalue weighted by Gasteiger charge is 2.24. The van der Waals surface area contributed by atoms with Crippen molar-refractivity contribution in [2.24, 2.45) is 0 Å². The van der Waals surface area contributed by atoms with Crippen LogP contribution in [0.5, 0.6) is 0 Å². The van der Waals surface area contributed by atoms with Crippen molar-refractivity contribution in [2.45, 2.75) is 0 Å². The molecule has 0 amide bonds. The number of hydrogen-bond donors (Lipinski definition) is 1. The molecule has 3 heterocycles. The van der Waals surface area contributed by atoms with Gasteiger partial charge in [-0.1, -0.05) is 0 Å². The van der Waals surface area contributed by atoms with Crippen LogP contribution in [0.3, 0.4) is 0 Å². The zero-order valence-corrected chi connectivity index (χ0v) is 12.5. The molecule has 0 unspecified atom stereocenters.